The van der Waals surface area contributed by atoms with Gasteiger partial charge in [0.25, 0.3) is 0 Å². The van der Waals surface area contributed by atoms with Crippen molar-refractivity contribution in [2.75, 3.05) is 37.7 Å². The summed E-state index contributed by atoms with van der Waals surface area (Å²) in [6, 6.07) is 10.1. The van der Waals surface area contributed by atoms with E-state index in [-0.39, 0.29) is 17.3 Å². The molecule has 4 rings (SSSR count). The molecule has 28 heavy (non-hydrogen) atoms. The molecule has 2 aromatic rings. The van der Waals surface area contributed by atoms with Crippen LogP contribution in [-0.2, 0) is 16.0 Å². The minimum Gasteiger partial charge on any atom is -0.371 e. The van der Waals surface area contributed by atoms with Gasteiger partial charge in [0.1, 0.15) is 5.82 Å². The third kappa shape index (κ3) is 4.14. The van der Waals surface area contributed by atoms with Crippen molar-refractivity contribution >= 4 is 11.7 Å². The molecule has 0 atom stereocenters. The zero-order valence-corrected chi connectivity index (χ0v) is 16.1. The van der Waals surface area contributed by atoms with Gasteiger partial charge in [-0.05, 0) is 49.6 Å². The van der Waals surface area contributed by atoms with Gasteiger partial charge in [0, 0.05) is 26.2 Å². The van der Waals surface area contributed by atoms with E-state index in [1.54, 1.807) is 12.1 Å². The van der Waals surface area contributed by atoms with Crippen molar-refractivity contribution in [1.29, 1.82) is 0 Å². The molecule has 1 amide bonds. The lowest BCUT2D eigenvalue weighted by Crippen LogP contribution is -2.58. The molecule has 0 unspecified atom stereocenters. The number of likely N-dealkylation sites (tertiary alicyclic amines) is 1. The molecule has 3 heterocycles. The Kier molecular flexibility index (Phi) is 5.26. The number of halogens is 1. The highest BCUT2D eigenvalue weighted by atomic mass is 19.1. The highest BCUT2D eigenvalue weighted by Crippen LogP contribution is 2.32. The second-order valence-corrected chi connectivity index (χ2v) is 7.67. The maximum Gasteiger partial charge on any atom is 0.226 e. The number of aryl methyl sites for hydroxylation is 1. The van der Waals surface area contributed by atoms with Crippen LogP contribution in [0.25, 0.3) is 0 Å². The van der Waals surface area contributed by atoms with Crippen molar-refractivity contribution in [2.24, 2.45) is 0 Å². The number of benzene rings is 1. The molecule has 1 aromatic heterocycles. The minimum absolute atomic E-state index is 0.0820. The van der Waals surface area contributed by atoms with Crippen molar-refractivity contribution in [3.05, 3.63) is 53.5 Å². The van der Waals surface area contributed by atoms with Crippen LogP contribution in [0.3, 0.4) is 0 Å². The van der Waals surface area contributed by atoms with Gasteiger partial charge >= 0.3 is 0 Å². The van der Waals surface area contributed by atoms with Gasteiger partial charge in [-0.2, -0.15) is 5.10 Å². The average molecular weight is 384 g/mol. The number of hydrogen-bond donors (Lipinski definition) is 0. The predicted octanol–water partition coefficient (Wildman–Crippen LogP) is 2.36. The van der Waals surface area contributed by atoms with Gasteiger partial charge in [0.15, 0.2) is 5.82 Å². The molecule has 2 saturated heterocycles. The van der Waals surface area contributed by atoms with E-state index in [1.807, 2.05) is 24.0 Å². The number of hydrogen-bond acceptors (Lipinski definition) is 5. The fourth-order valence-corrected chi connectivity index (χ4v) is 3.96. The lowest BCUT2D eigenvalue weighted by atomic mass is 9.89. The maximum absolute atomic E-state index is 13.0. The van der Waals surface area contributed by atoms with E-state index in [0.29, 0.717) is 26.1 Å². The summed E-state index contributed by atoms with van der Waals surface area (Å²) in [5.41, 5.74) is 1.50. The number of carbonyl (C=O) groups excluding carboxylic acids is 1. The van der Waals surface area contributed by atoms with Gasteiger partial charge in [-0.15, -0.1) is 5.10 Å². The first kappa shape index (κ1) is 18.8. The van der Waals surface area contributed by atoms with Crippen LogP contribution in [-0.4, -0.2) is 59.4 Å². The quantitative estimate of drug-likeness (QED) is 0.813. The molecule has 1 spiro atoms. The topological polar surface area (TPSA) is 58.6 Å². The van der Waals surface area contributed by atoms with E-state index >= 15 is 0 Å². The van der Waals surface area contributed by atoms with Gasteiger partial charge in [0.2, 0.25) is 5.91 Å². The lowest BCUT2D eigenvalue weighted by molar-refractivity contribution is -0.138. The van der Waals surface area contributed by atoms with Crippen LogP contribution < -0.4 is 4.90 Å². The van der Waals surface area contributed by atoms with Crippen LogP contribution >= 0.6 is 0 Å². The molecule has 2 aliphatic rings. The lowest BCUT2D eigenvalue weighted by Gasteiger charge is -2.47. The van der Waals surface area contributed by atoms with E-state index in [0.717, 1.165) is 43.0 Å². The smallest absolute Gasteiger partial charge is 0.226 e. The van der Waals surface area contributed by atoms with Crippen molar-refractivity contribution in [3.63, 3.8) is 0 Å². The van der Waals surface area contributed by atoms with E-state index in [2.05, 4.69) is 15.1 Å². The zero-order valence-electron chi connectivity index (χ0n) is 16.1. The number of ether oxygens (including phenoxy) is 1. The highest BCUT2D eigenvalue weighted by Gasteiger charge is 2.41. The Labute approximate surface area is 164 Å². The second-order valence-electron chi connectivity index (χ2n) is 7.67. The predicted molar refractivity (Wildman–Crippen MR) is 104 cm³/mol. The average Bonchev–Trinajstić information content (AvgIpc) is 2.71. The molecule has 0 N–H and O–H groups in total. The molecular formula is C21H25FN4O2. The summed E-state index contributed by atoms with van der Waals surface area (Å²) in [6.45, 7) is 5.49. The highest BCUT2D eigenvalue weighted by molar-refractivity contribution is 5.78. The Morgan fingerprint density at radius 1 is 1.11 bits per heavy atom. The molecule has 7 heteroatoms. The van der Waals surface area contributed by atoms with Crippen LogP contribution in [0.4, 0.5) is 10.2 Å². The summed E-state index contributed by atoms with van der Waals surface area (Å²) in [7, 11) is 0. The third-order valence-electron chi connectivity index (χ3n) is 5.65. The Morgan fingerprint density at radius 3 is 2.54 bits per heavy atom. The van der Waals surface area contributed by atoms with E-state index < -0.39 is 0 Å². The Morgan fingerprint density at radius 2 is 1.86 bits per heavy atom. The Balaban J connectivity index is 1.35. The first-order valence-electron chi connectivity index (χ1n) is 9.75. The number of amides is 1. The normalized spacial score (nSPS) is 19.1. The number of nitrogens with zero attached hydrogens (tertiary/aromatic N) is 4. The molecule has 0 saturated carbocycles. The molecule has 2 fully saturated rings. The number of morpholine rings is 1. The largest absolute Gasteiger partial charge is 0.371 e. The second kappa shape index (κ2) is 7.83. The summed E-state index contributed by atoms with van der Waals surface area (Å²) in [4.78, 5) is 16.7. The number of carbonyl (C=O) groups is 1. The van der Waals surface area contributed by atoms with Crippen molar-refractivity contribution < 1.29 is 13.9 Å². The standard InChI is InChI=1S/C21H25FN4O2/c1-16-2-7-19(24-23-16)26-12-13-28-21(15-26)8-10-25(11-9-21)20(27)14-17-3-5-18(22)6-4-17/h2-7H,8-15H2,1H3. The summed E-state index contributed by atoms with van der Waals surface area (Å²) < 4.78 is 19.2. The maximum atomic E-state index is 13.0. The van der Waals surface area contributed by atoms with Crippen LogP contribution in [0, 0.1) is 12.7 Å². The molecule has 0 radical (unpaired) electrons. The monoisotopic (exact) mass is 384 g/mol. The van der Waals surface area contributed by atoms with Crippen LogP contribution in [0.2, 0.25) is 0 Å². The molecule has 0 aliphatic carbocycles. The number of anilines is 1. The number of piperidine rings is 1. The van der Waals surface area contributed by atoms with Crippen molar-refractivity contribution in [3.8, 4) is 0 Å². The van der Waals surface area contributed by atoms with E-state index in [1.165, 1.54) is 12.1 Å². The van der Waals surface area contributed by atoms with Gasteiger partial charge in [-0.25, -0.2) is 4.39 Å². The van der Waals surface area contributed by atoms with Gasteiger partial charge in [0.05, 0.1) is 24.3 Å². The summed E-state index contributed by atoms with van der Waals surface area (Å²) in [5, 5.41) is 8.46. The number of rotatable bonds is 3. The SMILES string of the molecule is Cc1ccc(N2CCOC3(CCN(C(=O)Cc4ccc(F)cc4)CC3)C2)nn1. The number of aromatic nitrogens is 2. The molecule has 6 nitrogen and oxygen atoms in total. The third-order valence-corrected chi connectivity index (χ3v) is 5.65. The Bertz CT molecular complexity index is 817. The zero-order chi connectivity index (χ0) is 19.6. The molecule has 1 aromatic carbocycles. The fraction of sp³-hybridized carbons (Fsp3) is 0.476. The van der Waals surface area contributed by atoms with E-state index in [9.17, 15) is 9.18 Å². The first-order chi connectivity index (χ1) is 13.5. The molecule has 2 aliphatic heterocycles. The fourth-order valence-electron chi connectivity index (χ4n) is 3.96. The van der Waals surface area contributed by atoms with Crippen molar-refractivity contribution in [1.82, 2.24) is 15.1 Å². The van der Waals surface area contributed by atoms with Gasteiger partial charge in [-0.3, -0.25) is 4.79 Å². The van der Waals surface area contributed by atoms with Gasteiger partial charge < -0.3 is 14.5 Å². The summed E-state index contributed by atoms with van der Waals surface area (Å²) in [5.74, 6) is 0.676. The van der Waals surface area contributed by atoms with E-state index in [4.69, 9.17) is 4.74 Å². The first-order valence-corrected chi connectivity index (χ1v) is 9.75. The summed E-state index contributed by atoms with van der Waals surface area (Å²) in [6.07, 6.45) is 1.91. The van der Waals surface area contributed by atoms with Crippen LogP contribution in [0.1, 0.15) is 24.1 Å². The summed E-state index contributed by atoms with van der Waals surface area (Å²) >= 11 is 0. The van der Waals surface area contributed by atoms with Crippen molar-refractivity contribution in [2.45, 2.75) is 31.8 Å². The van der Waals surface area contributed by atoms with Crippen LogP contribution in [0.15, 0.2) is 36.4 Å². The molecule has 0 bridgehead atoms. The van der Waals surface area contributed by atoms with Gasteiger partial charge in [-0.1, -0.05) is 12.1 Å². The minimum atomic E-state index is -0.284. The van der Waals surface area contributed by atoms with Crippen LogP contribution in [0.5, 0.6) is 0 Å². The Hall–Kier alpha value is -2.54. The molecular weight excluding hydrogens is 359 g/mol. The molecule has 148 valence electrons.